The smallest absolute Gasteiger partial charge is 0.104 e. The molecule has 3 nitrogen and oxygen atoms in total. The van der Waals surface area contributed by atoms with E-state index in [0.29, 0.717) is 12.2 Å². The zero-order chi connectivity index (χ0) is 12.9. The number of hydrogen-bond donors (Lipinski definition) is 0. The minimum Gasteiger partial charge on any atom is -0.376 e. The third-order valence-electron chi connectivity index (χ3n) is 3.07. The third kappa shape index (κ3) is 4.31. The van der Waals surface area contributed by atoms with Crippen molar-refractivity contribution in [3.8, 4) is 0 Å². The van der Waals surface area contributed by atoms with Crippen LogP contribution >= 0.6 is 0 Å². The fourth-order valence-electron chi connectivity index (χ4n) is 1.79. The molecule has 3 heteroatoms. The standard InChI is InChI=1S/C10H8.C6H10O3/c1-2-6-10-8-4-3-7-9(10)5-1;1(5-3-8-5)7-2-6-4-9-6/h1-8H;5-6H,1-4H2. The summed E-state index contributed by atoms with van der Waals surface area (Å²) in [5, 5.41) is 2.62. The molecule has 2 saturated heterocycles. The summed E-state index contributed by atoms with van der Waals surface area (Å²) in [5.41, 5.74) is 0. The first-order valence-corrected chi connectivity index (χ1v) is 6.66. The van der Waals surface area contributed by atoms with Crippen LogP contribution in [0.2, 0.25) is 0 Å². The van der Waals surface area contributed by atoms with Crippen molar-refractivity contribution >= 4 is 10.8 Å². The summed E-state index contributed by atoms with van der Waals surface area (Å²) in [4.78, 5) is 0. The van der Waals surface area contributed by atoms with E-state index in [4.69, 9.17) is 14.2 Å². The van der Waals surface area contributed by atoms with Crippen molar-refractivity contribution in [1.82, 2.24) is 0 Å². The van der Waals surface area contributed by atoms with Gasteiger partial charge in [0, 0.05) is 0 Å². The van der Waals surface area contributed by atoms with Crippen molar-refractivity contribution in [3.63, 3.8) is 0 Å². The van der Waals surface area contributed by atoms with Crippen molar-refractivity contribution in [2.75, 3.05) is 26.4 Å². The minimum absolute atomic E-state index is 0.392. The second kappa shape index (κ2) is 6.15. The van der Waals surface area contributed by atoms with Crippen molar-refractivity contribution in [1.29, 1.82) is 0 Å². The highest BCUT2D eigenvalue weighted by Crippen LogP contribution is 2.12. The number of fused-ring (bicyclic) bond motifs is 1. The molecule has 0 radical (unpaired) electrons. The largest absolute Gasteiger partial charge is 0.376 e. The quantitative estimate of drug-likeness (QED) is 0.791. The Hall–Kier alpha value is -1.42. The average molecular weight is 258 g/mol. The van der Waals surface area contributed by atoms with Gasteiger partial charge in [0.05, 0.1) is 26.4 Å². The van der Waals surface area contributed by atoms with Gasteiger partial charge in [-0.25, -0.2) is 0 Å². The van der Waals surface area contributed by atoms with Gasteiger partial charge >= 0.3 is 0 Å². The van der Waals surface area contributed by atoms with E-state index in [1.165, 1.54) is 10.8 Å². The van der Waals surface area contributed by atoms with Crippen LogP contribution in [-0.2, 0) is 14.2 Å². The SMILES string of the molecule is C(OCC1CO1)C1CO1.c1ccc2ccccc2c1. The lowest BCUT2D eigenvalue weighted by molar-refractivity contribution is 0.102. The first kappa shape index (κ1) is 12.6. The predicted molar refractivity (Wildman–Crippen MR) is 74.2 cm³/mol. The van der Waals surface area contributed by atoms with Gasteiger partial charge in [-0.1, -0.05) is 48.5 Å². The van der Waals surface area contributed by atoms with E-state index in [-0.39, 0.29) is 0 Å². The molecule has 0 aliphatic carbocycles. The van der Waals surface area contributed by atoms with Gasteiger partial charge in [0.15, 0.2) is 0 Å². The Bertz CT molecular complexity index is 441. The van der Waals surface area contributed by atoms with Gasteiger partial charge in [0.2, 0.25) is 0 Å². The molecule has 0 aromatic heterocycles. The average Bonchev–Trinajstić information content (AvgIpc) is 3.35. The van der Waals surface area contributed by atoms with E-state index in [0.717, 1.165) is 26.4 Å². The topological polar surface area (TPSA) is 34.3 Å². The summed E-state index contributed by atoms with van der Waals surface area (Å²) in [6.07, 6.45) is 0.785. The van der Waals surface area contributed by atoms with Gasteiger partial charge in [-0.2, -0.15) is 0 Å². The van der Waals surface area contributed by atoms with Gasteiger partial charge in [-0.15, -0.1) is 0 Å². The lowest BCUT2D eigenvalue weighted by atomic mass is 10.1. The van der Waals surface area contributed by atoms with E-state index in [2.05, 4.69) is 48.5 Å². The van der Waals surface area contributed by atoms with Gasteiger partial charge in [0.1, 0.15) is 12.2 Å². The van der Waals surface area contributed by atoms with Crippen LogP contribution in [0.1, 0.15) is 0 Å². The molecule has 0 spiro atoms. The molecular formula is C16H18O3. The van der Waals surface area contributed by atoms with Crippen LogP contribution in [0.5, 0.6) is 0 Å². The molecule has 100 valence electrons. The highest BCUT2D eigenvalue weighted by Gasteiger charge is 2.26. The maximum absolute atomic E-state index is 5.23. The summed E-state index contributed by atoms with van der Waals surface area (Å²) < 4.78 is 15.1. The van der Waals surface area contributed by atoms with Gasteiger partial charge in [-0.05, 0) is 10.8 Å². The molecule has 19 heavy (non-hydrogen) atoms. The summed E-state index contributed by atoms with van der Waals surface area (Å²) in [6.45, 7) is 3.26. The van der Waals surface area contributed by atoms with Crippen molar-refractivity contribution in [2.24, 2.45) is 0 Å². The summed E-state index contributed by atoms with van der Waals surface area (Å²) in [5.74, 6) is 0. The lowest BCUT2D eigenvalue weighted by Crippen LogP contribution is -2.06. The second-order valence-electron chi connectivity index (χ2n) is 4.80. The second-order valence-corrected chi connectivity index (χ2v) is 4.80. The Kier molecular flexibility index (Phi) is 4.08. The summed E-state index contributed by atoms with van der Waals surface area (Å²) in [7, 11) is 0. The summed E-state index contributed by atoms with van der Waals surface area (Å²) >= 11 is 0. The van der Waals surface area contributed by atoms with Crippen molar-refractivity contribution in [2.45, 2.75) is 12.2 Å². The normalized spacial score (nSPS) is 23.6. The Labute approximate surface area is 113 Å². The number of rotatable bonds is 4. The molecular weight excluding hydrogens is 240 g/mol. The fraction of sp³-hybridized carbons (Fsp3) is 0.375. The zero-order valence-electron chi connectivity index (χ0n) is 10.8. The Balaban J connectivity index is 0.000000117. The maximum atomic E-state index is 5.23. The van der Waals surface area contributed by atoms with Gasteiger partial charge in [-0.3, -0.25) is 0 Å². The minimum atomic E-state index is 0.392. The molecule has 0 amide bonds. The number of hydrogen-bond acceptors (Lipinski definition) is 3. The molecule has 2 aliphatic heterocycles. The molecule has 2 aromatic rings. The monoisotopic (exact) mass is 258 g/mol. The molecule has 2 unspecified atom stereocenters. The summed E-state index contributed by atoms with van der Waals surface area (Å²) in [6, 6.07) is 16.7. The lowest BCUT2D eigenvalue weighted by Gasteiger charge is -1.95. The molecule has 2 fully saturated rings. The first-order chi connectivity index (χ1) is 9.42. The van der Waals surface area contributed by atoms with Crippen LogP contribution < -0.4 is 0 Å². The number of benzene rings is 2. The van der Waals surface area contributed by atoms with Crippen LogP contribution in [0, 0.1) is 0 Å². The third-order valence-corrected chi connectivity index (χ3v) is 3.07. The van der Waals surface area contributed by atoms with E-state index < -0.39 is 0 Å². The first-order valence-electron chi connectivity index (χ1n) is 6.66. The Morgan fingerprint density at radius 2 is 1.16 bits per heavy atom. The predicted octanol–water partition coefficient (Wildman–Crippen LogP) is 2.64. The van der Waals surface area contributed by atoms with Crippen molar-refractivity contribution < 1.29 is 14.2 Å². The van der Waals surface area contributed by atoms with Gasteiger partial charge < -0.3 is 14.2 Å². The zero-order valence-corrected chi connectivity index (χ0v) is 10.8. The molecule has 2 aliphatic rings. The maximum Gasteiger partial charge on any atom is 0.104 e. The van der Waals surface area contributed by atoms with Crippen molar-refractivity contribution in [3.05, 3.63) is 48.5 Å². The van der Waals surface area contributed by atoms with Crippen LogP contribution in [0.3, 0.4) is 0 Å². The van der Waals surface area contributed by atoms with E-state index in [1.54, 1.807) is 0 Å². The number of ether oxygens (including phenoxy) is 3. The van der Waals surface area contributed by atoms with E-state index >= 15 is 0 Å². The highest BCUT2D eigenvalue weighted by molar-refractivity contribution is 5.81. The van der Waals surface area contributed by atoms with Crippen LogP contribution in [0.15, 0.2) is 48.5 Å². The molecule has 0 saturated carbocycles. The molecule has 0 N–H and O–H groups in total. The Morgan fingerprint density at radius 3 is 1.47 bits per heavy atom. The molecule has 2 heterocycles. The Morgan fingerprint density at radius 1 is 0.789 bits per heavy atom. The van der Waals surface area contributed by atoms with Crippen LogP contribution in [-0.4, -0.2) is 38.6 Å². The molecule has 2 atom stereocenters. The molecule has 4 rings (SSSR count). The van der Waals surface area contributed by atoms with Gasteiger partial charge in [0.25, 0.3) is 0 Å². The van der Waals surface area contributed by atoms with Crippen LogP contribution in [0.4, 0.5) is 0 Å². The van der Waals surface area contributed by atoms with E-state index in [9.17, 15) is 0 Å². The molecule has 0 bridgehead atoms. The highest BCUT2D eigenvalue weighted by atomic mass is 16.6. The molecule has 2 aromatic carbocycles. The number of epoxide rings is 2. The van der Waals surface area contributed by atoms with Crippen LogP contribution in [0.25, 0.3) is 10.8 Å². The fourth-order valence-corrected chi connectivity index (χ4v) is 1.79. The van der Waals surface area contributed by atoms with E-state index in [1.807, 2.05) is 0 Å².